The number of halogens is 2. The predicted octanol–water partition coefficient (Wildman–Crippen LogP) is 3.35. The van der Waals surface area contributed by atoms with Crippen molar-refractivity contribution in [3.8, 4) is 17.1 Å². The van der Waals surface area contributed by atoms with Crippen molar-refractivity contribution in [3.05, 3.63) is 53.6 Å². The van der Waals surface area contributed by atoms with E-state index in [1.165, 1.54) is 0 Å². The number of hydrogen-bond donors (Lipinski definition) is 3. The summed E-state index contributed by atoms with van der Waals surface area (Å²) in [6.07, 6.45) is 0. The fraction of sp³-hybridized carbons (Fsp3) is 0.200. The summed E-state index contributed by atoms with van der Waals surface area (Å²) in [5, 5.41) is 17.9. The number of aliphatic imine (C=N–C) groups is 2. The maximum absolute atomic E-state index is 10.3. The van der Waals surface area contributed by atoms with Crippen LogP contribution in [-0.4, -0.2) is 43.0 Å². The molecule has 0 bridgehead atoms. The van der Waals surface area contributed by atoms with Gasteiger partial charge < -0.3 is 20.2 Å². The summed E-state index contributed by atoms with van der Waals surface area (Å²) in [4.78, 5) is 8.90. The van der Waals surface area contributed by atoms with Gasteiger partial charge in [0.05, 0.1) is 18.7 Å². The van der Waals surface area contributed by atoms with Crippen LogP contribution in [0.3, 0.4) is 0 Å². The first-order valence-electron chi connectivity index (χ1n) is 8.72. The van der Waals surface area contributed by atoms with Gasteiger partial charge in [0, 0.05) is 29.6 Å². The number of phenols is 1. The number of nitrogens with zero attached hydrogens (tertiary/aromatic N) is 2. The third kappa shape index (κ3) is 3.53. The van der Waals surface area contributed by atoms with Crippen LogP contribution < -0.4 is 10.6 Å². The molecular weight excluding hydrogens is 399 g/mol. The molecule has 0 radical (unpaired) electrons. The summed E-state index contributed by atoms with van der Waals surface area (Å²) in [5.74, 6) is 2.60. The molecule has 0 saturated heterocycles. The van der Waals surface area contributed by atoms with E-state index in [4.69, 9.17) is 4.42 Å². The fourth-order valence-corrected chi connectivity index (χ4v) is 3.39. The summed E-state index contributed by atoms with van der Waals surface area (Å²) >= 11 is 0. The van der Waals surface area contributed by atoms with Crippen molar-refractivity contribution < 1.29 is 9.52 Å². The molecule has 146 valence electrons. The molecule has 2 aromatic carbocycles. The molecule has 8 heteroatoms. The van der Waals surface area contributed by atoms with Gasteiger partial charge in [0.2, 0.25) is 0 Å². The van der Waals surface area contributed by atoms with Gasteiger partial charge in [-0.3, -0.25) is 9.98 Å². The molecule has 28 heavy (non-hydrogen) atoms. The van der Waals surface area contributed by atoms with Crippen molar-refractivity contribution >= 4 is 47.5 Å². The molecule has 3 aromatic rings. The van der Waals surface area contributed by atoms with Crippen LogP contribution in [0.1, 0.15) is 11.1 Å². The van der Waals surface area contributed by atoms with Crippen LogP contribution in [0.25, 0.3) is 22.3 Å². The van der Waals surface area contributed by atoms with Crippen molar-refractivity contribution in [2.45, 2.75) is 0 Å². The minimum atomic E-state index is 0. The molecule has 0 spiro atoms. The van der Waals surface area contributed by atoms with Crippen molar-refractivity contribution in [2.75, 3.05) is 26.2 Å². The third-order valence-electron chi connectivity index (χ3n) is 4.67. The number of aromatic hydroxyl groups is 1. The predicted molar refractivity (Wildman–Crippen MR) is 117 cm³/mol. The van der Waals surface area contributed by atoms with Gasteiger partial charge in [0.25, 0.3) is 0 Å². The highest BCUT2D eigenvalue weighted by Crippen LogP contribution is 2.34. The number of amidine groups is 2. The molecule has 0 amide bonds. The van der Waals surface area contributed by atoms with Crippen molar-refractivity contribution in [3.63, 3.8) is 0 Å². The highest BCUT2D eigenvalue weighted by Gasteiger charge is 2.16. The molecule has 0 atom stereocenters. The highest BCUT2D eigenvalue weighted by molar-refractivity contribution is 6.03. The number of phenolic OH excluding ortho intramolecular Hbond substituents is 1. The quantitative estimate of drug-likeness (QED) is 0.608. The van der Waals surface area contributed by atoms with Crippen LogP contribution in [0.2, 0.25) is 0 Å². The molecule has 2 aliphatic rings. The molecule has 1 aromatic heterocycles. The molecule has 5 rings (SSSR count). The molecular formula is C20H20Cl2N4O2. The highest BCUT2D eigenvalue weighted by atomic mass is 35.5. The van der Waals surface area contributed by atoms with Gasteiger partial charge in [-0.2, -0.15) is 0 Å². The van der Waals surface area contributed by atoms with Gasteiger partial charge in [-0.25, -0.2) is 0 Å². The molecule has 3 heterocycles. The topological polar surface area (TPSA) is 82.2 Å². The van der Waals surface area contributed by atoms with Gasteiger partial charge in [-0.15, -0.1) is 24.8 Å². The number of nitrogens with one attached hydrogen (secondary N) is 2. The summed E-state index contributed by atoms with van der Waals surface area (Å²) in [7, 11) is 0. The van der Waals surface area contributed by atoms with E-state index in [9.17, 15) is 5.11 Å². The summed E-state index contributed by atoms with van der Waals surface area (Å²) < 4.78 is 5.99. The largest absolute Gasteiger partial charge is 0.507 e. The van der Waals surface area contributed by atoms with Crippen LogP contribution in [0.15, 0.2) is 56.9 Å². The second-order valence-electron chi connectivity index (χ2n) is 6.41. The summed E-state index contributed by atoms with van der Waals surface area (Å²) in [5.41, 5.74) is 3.43. The van der Waals surface area contributed by atoms with E-state index in [0.717, 1.165) is 59.9 Å². The van der Waals surface area contributed by atoms with Gasteiger partial charge in [0.15, 0.2) is 0 Å². The Kier molecular flexibility index (Phi) is 5.82. The first-order valence-corrected chi connectivity index (χ1v) is 8.72. The van der Waals surface area contributed by atoms with Crippen LogP contribution >= 0.6 is 24.8 Å². The fourth-order valence-electron chi connectivity index (χ4n) is 3.39. The number of rotatable bonds is 3. The first-order chi connectivity index (χ1) is 12.8. The lowest BCUT2D eigenvalue weighted by molar-refractivity contribution is 0.474. The van der Waals surface area contributed by atoms with Crippen molar-refractivity contribution in [2.24, 2.45) is 9.98 Å². The Hall–Kier alpha value is -2.70. The van der Waals surface area contributed by atoms with Gasteiger partial charge in [-0.1, -0.05) is 0 Å². The molecule has 3 N–H and O–H groups in total. The summed E-state index contributed by atoms with van der Waals surface area (Å²) in [6.45, 7) is 3.30. The van der Waals surface area contributed by atoms with Crippen LogP contribution in [0, 0.1) is 0 Å². The van der Waals surface area contributed by atoms with Crippen LogP contribution in [-0.2, 0) is 0 Å². The normalized spacial score (nSPS) is 15.1. The smallest absolute Gasteiger partial charge is 0.139 e. The second-order valence-corrected chi connectivity index (χ2v) is 6.41. The molecule has 6 nitrogen and oxygen atoms in total. The van der Waals surface area contributed by atoms with E-state index >= 15 is 0 Å². The Morgan fingerprint density at radius 2 is 1.46 bits per heavy atom. The van der Waals surface area contributed by atoms with Crippen molar-refractivity contribution in [1.29, 1.82) is 0 Å². The first kappa shape index (κ1) is 20.0. The minimum absolute atomic E-state index is 0. The molecule has 0 saturated carbocycles. The SMILES string of the molecule is Cl.Cl.Oc1ccc(C2=NCCN2)cc1-c1cc2cc(C3=NCCN3)ccc2o1. The average Bonchev–Trinajstić information content (AvgIpc) is 3.41. The Morgan fingerprint density at radius 3 is 2.11 bits per heavy atom. The van der Waals surface area contributed by atoms with Crippen LogP contribution in [0.5, 0.6) is 5.75 Å². The zero-order valence-corrected chi connectivity index (χ0v) is 16.6. The van der Waals surface area contributed by atoms with Gasteiger partial charge in [-0.05, 0) is 42.5 Å². The average molecular weight is 419 g/mol. The maximum Gasteiger partial charge on any atom is 0.139 e. The second kappa shape index (κ2) is 8.12. The van der Waals surface area contributed by atoms with E-state index in [0.29, 0.717) is 11.3 Å². The Bertz CT molecular complexity index is 1080. The van der Waals surface area contributed by atoms with E-state index in [2.05, 4.69) is 26.7 Å². The minimum Gasteiger partial charge on any atom is -0.507 e. The van der Waals surface area contributed by atoms with Gasteiger partial charge in [0.1, 0.15) is 28.8 Å². The molecule has 0 fully saturated rings. The lowest BCUT2D eigenvalue weighted by Gasteiger charge is -2.06. The lowest BCUT2D eigenvalue weighted by Crippen LogP contribution is -2.19. The van der Waals surface area contributed by atoms with E-state index in [1.807, 2.05) is 30.3 Å². The third-order valence-corrected chi connectivity index (χ3v) is 4.67. The zero-order valence-electron chi connectivity index (χ0n) is 14.9. The number of fused-ring (bicyclic) bond motifs is 1. The van der Waals surface area contributed by atoms with Gasteiger partial charge >= 0.3 is 0 Å². The Balaban J connectivity index is 0.00000112. The molecule has 2 aliphatic heterocycles. The molecule has 0 aliphatic carbocycles. The van der Waals surface area contributed by atoms with Crippen molar-refractivity contribution in [1.82, 2.24) is 10.6 Å². The van der Waals surface area contributed by atoms with Crippen LogP contribution in [0.4, 0.5) is 0 Å². The van der Waals surface area contributed by atoms with E-state index < -0.39 is 0 Å². The summed E-state index contributed by atoms with van der Waals surface area (Å²) in [6, 6.07) is 13.4. The Morgan fingerprint density at radius 1 is 0.821 bits per heavy atom. The standard InChI is InChI=1S/C20H18N4O2.2ClH/c25-16-3-1-13(20-23-7-8-24-20)10-15(16)18-11-14-9-12(2-4-17(14)26-18)19-21-5-6-22-19;;/h1-4,9-11,25H,5-8H2,(H,21,22)(H,23,24);2*1H. The molecule has 0 unspecified atom stereocenters. The maximum atomic E-state index is 10.3. The Labute approximate surface area is 174 Å². The number of hydrogen-bond acceptors (Lipinski definition) is 6. The lowest BCUT2D eigenvalue weighted by atomic mass is 10.1. The van der Waals surface area contributed by atoms with E-state index in [1.54, 1.807) is 6.07 Å². The number of benzene rings is 2. The monoisotopic (exact) mass is 418 g/mol. The zero-order chi connectivity index (χ0) is 17.5. The number of furan rings is 1. The van der Waals surface area contributed by atoms with E-state index in [-0.39, 0.29) is 30.6 Å².